The van der Waals surface area contributed by atoms with Crippen molar-refractivity contribution in [1.29, 1.82) is 0 Å². The van der Waals surface area contributed by atoms with Gasteiger partial charge >= 0.3 is 0 Å². The Morgan fingerprint density at radius 2 is 2.00 bits per heavy atom. The van der Waals surface area contributed by atoms with E-state index in [4.69, 9.17) is 4.74 Å². The summed E-state index contributed by atoms with van der Waals surface area (Å²) in [7, 11) is 0. The lowest BCUT2D eigenvalue weighted by Gasteiger charge is -2.37. The van der Waals surface area contributed by atoms with Gasteiger partial charge in [0.2, 0.25) is 11.8 Å². The summed E-state index contributed by atoms with van der Waals surface area (Å²) < 4.78 is 32.8. The zero-order chi connectivity index (χ0) is 14.9. The van der Waals surface area contributed by atoms with Gasteiger partial charge in [0.15, 0.2) is 0 Å². The molecule has 0 N–H and O–H groups in total. The maximum Gasteiger partial charge on any atom is 0.248 e. The van der Waals surface area contributed by atoms with Gasteiger partial charge in [0, 0.05) is 38.5 Å². The van der Waals surface area contributed by atoms with Crippen molar-refractivity contribution in [2.24, 2.45) is 11.8 Å². The van der Waals surface area contributed by atoms with Gasteiger partial charge in [0.25, 0.3) is 0 Å². The summed E-state index contributed by atoms with van der Waals surface area (Å²) in [6, 6.07) is 0. The quantitative estimate of drug-likeness (QED) is 0.798. The lowest BCUT2D eigenvalue weighted by Crippen LogP contribution is -2.47. The number of hydrogen-bond acceptors (Lipinski definition) is 2. The molecule has 21 heavy (non-hydrogen) atoms. The van der Waals surface area contributed by atoms with E-state index < -0.39 is 11.8 Å². The molecule has 0 spiro atoms. The number of piperidine rings is 1. The maximum absolute atomic E-state index is 13.5. The molecule has 1 saturated heterocycles. The minimum Gasteiger partial charge on any atom is -0.376 e. The van der Waals surface area contributed by atoms with Crippen LogP contribution >= 0.6 is 0 Å². The average Bonchev–Trinajstić information content (AvgIpc) is 3.28. The summed E-state index contributed by atoms with van der Waals surface area (Å²) in [5, 5.41) is 0. The summed E-state index contributed by atoms with van der Waals surface area (Å²) in [4.78, 5) is 14.2. The van der Waals surface area contributed by atoms with E-state index in [1.54, 1.807) is 4.90 Å². The molecule has 0 aromatic rings. The van der Waals surface area contributed by atoms with Gasteiger partial charge in [0.1, 0.15) is 0 Å². The Morgan fingerprint density at radius 1 is 1.19 bits per heavy atom. The lowest BCUT2D eigenvalue weighted by atomic mass is 9.85. The van der Waals surface area contributed by atoms with Crippen molar-refractivity contribution in [3.05, 3.63) is 0 Å². The summed E-state index contributed by atoms with van der Waals surface area (Å²) in [6.45, 7) is 2.09. The van der Waals surface area contributed by atoms with Gasteiger partial charge in [-0.15, -0.1) is 0 Å². The second kappa shape index (κ2) is 6.19. The molecule has 2 aliphatic carbocycles. The van der Waals surface area contributed by atoms with Gasteiger partial charge in [-0.1, -0.05) is 0 Å². The Labute approximate surface area is 125 Å². The number of alkyl halides is 2. The van der Waals surface area contributed by atoms with Crippen molar-refractivity contribution in [2.45, 2.75) is 63.4 Å². The lowest BCUT2D eigenvalue weighted by molar-refractivity contribution is -0.146. The van der Waals surface area contributed by atoms with Crippen LogP contribution in [0.4, 0.5) is 8.78 Å². The third-order valence-electron chi connectivity index (χ3n) is 4.94. The predicted octanol–water partition coefficient (Wildman–Crippen LogP) is 3.23. The molecule has 2 atom stereocenters. The second-order valence-corrected chi connectivity index (χ2v) is 6.97. The Bertz CT molecular complexity index is 384. The highest BCUT2D eigenvalue weighted by molar-refractivity contribution is 5.79. The van der Waals surface area contributed by atoms with Crippen LogP contribution in [0.1, 0.15) is 51.4 Å². The molecule has 5 heteroatoms. The number of carbonyl (C=O) groups excluding carboxylic acids is 1. The number of rotatable bonds is 4. The number of carbonyl (C=O) groups is 1. The predicted molar refractivity (Wildman–Crippen MR) is 75.2 cm³/mol. The first-order valence-corrected chi connectivity index (χ1v) is 8.32. The zero-order valence-corrected chi connectivity index (χ0v) is 12.5. The largest absolute Gasteiger partial charge is 0.376 e. The van der Waals surface area contributed by atoms with Gasteiger partial charge in [0.05, 0.1) is 6.10 Å². The van der Waals surface area contributed by atoms with E-state index >= 15 is 0 Å². The van der Waals surface area contributed by atoms with Crippen LogP contribution in [-0.2, 0) is 9.53 Å². The van der Waals surface area contributed by atoms with Crippen LogP contribution < -0.4 is 0 Å². The van der Waals surface area contributed by atoms with Gasteiger partial charge in [-0.05, 0) is 44.4 Å². The number of nitrogens with zero attached hydrogens (tertiary/aromatic N) is 1. The van der Waals surface area contributed by atoms with Crippen molar-refractivity contribution < 1.29 is 18.3 Å². The topological polar surface area (TPSA) is 29.5 Å². The van der Waals surface area contributed by atoms with E-state index in [2.05, 4.69) is 0 Å². The third kappa shape index (κ3) is 4.15. The molecular formula is C16H25F2NO2. The van der Waals surface area contributed by atoms with E-state index in [1.165, 1.54) is 12.8 Å². The molecule has 0 aromatic heterocycles. The van der Waals surface area contributed by atoms with Crippen LogP contribution in [-0.4, -0.2) is 42.5 Å². The van der Waals surface area contributed by atoms with Crippen molar-refractivity contribution in [3.8, 4) is 0 Å². The van der Waals surface area contributed by atoms with Crippen LogP contribution in [0.25, 0.3) is 0 Å². The Morgan fingerprint density at radius 3 is 2.71 bits per heavy atom. The zero-order valence-electron chi connectivity index (χ0n) is 12.5. The van der Waals surface area contributed by atoms with E-state index in [9.17, 15) is 13.6 Å². The van der Waals surface area contributed by atoms with Crippen LogP contribution in [0.2, 0.25) is 0 Å². The SMILES string of the molecule is O=C([C@@H]1CCCC(F)(F)C1)N1CCC[C@@H](OCC2CC2)C1. The van der Waals surface area contributed by atoms with Crippen LogP contribution in [0.5, 0.6) is 0 Å². The van der Waals surface area contributed by atoms with Crippen molar-refractivity contribution in [2.75, 3.05) is 19.7 Å². The number of amides is 1. The molecule has 1 heterocycles. The van der Waals surface area contributed by atoms with E-state index in [1.807, 2.05) is 0 Å². The molecule has 3 fully saturated rings. The molecule has 1 amide bonds. The molecule has 0 radical (unpaired) electrons. The fraction of sp³-hybridized carbons (Fsp3) is 0.938. The fourth-order valence-corrected chi connectivity index (χ4v) is 3.47. The first kappa shape index (κ1) is 15.2. The molecule has 120 valence electrons. The molecule has 0 aromatic carbocycles. The Balaban J connectivity index is 1.51. The molecule has 3 nitrogen and oxygen atoms in total. The molecule has 0 bridgehead atoms. The van der Waals surface area contributed by atoms with Crippen molar-refractivity contribution in [1.82, 2.24) is 4.90 Å². The molecule has 3 rings (SSSR count). The Kier molecular flexibility index (Phi) is 4.48. The minimum atomic E-state index is -2.66. The summed E-state index contributed by atoms with van der Waals surface area (Å²) in [5.74, 6) is -2.51. The molecule has 0 unspecified atom stereocenters. The fourth-order valence-electron chi connectivity index (χ4n) is 3.47. The van der Waals surface area contributed by atoms with Gasteiger partial charge in [-0.2, -0.15) is 0 Å². The van der Waals surface area contributed by atoms with Crippen LogP contribution in [0.15, 0.2) is 0 Å². The highest BCUT2D eigenvalue weighted by Gasteiger charge is 2.41. The number of likely N-dealkylation sites (tertiary alicyclic amines) is 1. The van der Waals surface area contributed by atoms with Crippen molar-refractivity contribution in [3.63, 3.8) is 0 Å². The van der Waals surface area contributed by atoms with Gasteiger partial charge in [-0.3, -0.25) is 4.79 Å². The number of halogens is 2. The first-order valence-electron chi connectivity index (χ1n) is 8.32. The van der Waals surface area contributed by atoms with Crippen LogP contribution in [0, 0.1) is 11.8 Å². The Hall–Kier alpha value is -0.710. The maximum atomic E-state index is 13.5. The smallest absolute Gasteiger partial charge is 0.248 e. The summed E-state index contributed by atoms with van der Waals surface area (Å²) in [5.41, 5.74) is 0. The normalized spacial score (nSPS) is 33.0. The second-order valence-electron chi connectivity index (χ2n) is 6.97. The van der Waals surface area contributed by atoms with Gasteiger partial charge in [-0.25, -0.2) is 8.78 Å². The summed E-state index contributed by atoms with van der Waals surface area (Å²) >= 11 is 0. The number of ether oxygens (including phenoxy) is 1. The average molecular weight is 301 g/mol. The highest BCUT2D eigenvalue weighted by Crippen LogP contribution is 2.38. The van der Waals surface area contributed by atoms with E-state index in [0.717, 1.165) is 19.4 Å². The van der Waals surface area contributed by atoms with Gasteiger partial charge < -0.3 is 9.64 Å². The molecule has 1 aliphatic heterocycles. The van der Waals surface area contributed by atoms with E-state index in [-0.39, 0.29) is 24.9 Å². The highest BCUT2D eigenvalue weighted by atomic mass is 19.3. The van der Waals surface area contributed by atoms with Crippen molar-refractivity contribution >= 4 is 5.91 Å². The molecule has 3 aliphatic rings. The summed E-state index contributed by atoms with van der Waals surface area (Å²) in [6.07, 6.45) is 5.25. The minimum absolute atomic E-state index is 0.0656. The first-order chi connectivity index (χ1) is 10.0. The molecule has 2 saturated carbocycles. The van der Waals surface area contributed by atoms with Crippen LogP contribution in [0.3, 0.4) is 0 Å². The molecular weight excluding hydrogens is 276 g/mol. The van der Waals surface area contributed by atoms with E-state index in [0.29, 0.717) is 31.8 Å². The standard InChI is InChI=1S/C16H25F2NO2/c17-16(18)7-1-3-13(9-16)15(20)19-8-2-4-14(10-19)21-11-12-5-6-12/h12-14H,1-11H2/t13-,14-/m1/s1. The third-order valence-corrected chi connectivity index (χ3v) is 4.94. The monoisotopic (exact) mass is 301 g/mol. The number of hydrogen-bond donors (Lipinski definition) is 0.